The van der Waals surface area contributed by atoms with Crippen LogP contribution in [0.4, 0.5) is 4.39 Å². The molecule has 0 spiro atoms. The van der Waals surface area contributed by atoms with Crippen LogP contribution in [0.1, 0.15) is 24.5 Å². The largest absolute Gasteiger partial charge is 0.494 e. The summed E-state index contributed by atoms with van der Waals surface area (Å²) in [5.41, 5.74) is 2.40. The molecule has 0 aliphatic carbocycles. The fraction of sp³-hybridized carbons (Fsp3) is 0.500. The van der Waals surface area contributed by atoms with E-state index in [9.17, 15) is 4.39 Å². The Labute approximate surface area is 84.9 Å². The van der Waals surface area contributed by atoms with Crippen molar-refractivity contribution in [3.05, 3.63) is 29.3 Å². The van der Waals surface area contributed by atoms with E-state index in [-0.39, 0.29) is 6.67 Å². The maximum atomic E-state index is 12.0. The fourth-order valence-electron chi connectivity index (χ4n) is 1.46. The van der Waals surface area contributed by atoms with Crippen molar-refractivity contribution in [1.82, 2.24) is 0 Å². The van der Waals surface area contributed by atoms with Crippen molar-refractivity contribution in [2.45, 2.75) is 26.7 Å². The lowest BCUT2D eigenvalue weighted by Gasteiger charge is -2.08. The highest BCUT2D eigenvalue weighted by Crippen LogP contribution is 2.18. The van der Waals surface area contributed by atoms with Crippen LogP contribution in [0.25, 0.3) is 0 Å². The van der Waals surface area contributed by atoms with E-state index >= 15 is 0 Å². The van der Waals surface area contributed by atoms with Crippen LogP contribution < -0.4 is 4.74 Å². The third-order valence-electron chi connectivity index (χ3n) is 2.20. The highest BCUT2D eigenvalue weighted by atomic mass is 19.1. The van der Waals surface area contributed by atoms with Gasteiger partial charge in [-0.25, -0.2) is 0 Å². The Bertz CT molecular complexity index is 284. The molecule has 0 N–H and O–H groups in total. The van der Waals surface area contributed by atoms with Gasteiger partial charge < -0.3 is 4.74 Å². The molecule has 0 fully saturated rings. The molecule has 0 aromatic heterocycles. The SMILES string of the molecule is CCOc1ccc(CCCF)c(C)c1. The molecule has 1 rings (SSSR count). The summed E-state index contributed by atoms with van der Waals surface area (Å²) in [6, 6.07) is 5.98. The molecule has 0 aliphatic heterocycles. The van der Waals surface area contributed by atoms with E-state index in [0.29, 0.717) is 13.0 Å². The predicted octanol–water partition coefficient (Wildman–Crippen LogP) is 3.30. The van der Waals surface area contributed by atoms with Crippen molar-refractivity contribution in [3.63, 3.8) is 0 Å². The number of ether oxygens (including phenoxy) is 1. The molecule has 0 atom stereocenters. The molecule has 1 nitrogen and oxygen atoms in total. The molecule has 14 heavy (non-hydrogen) atoms. The van der Waals surface area contributed by atoms with Crippen molar-refractivity contribution < 1.29 is 9.13 Å². The minimum absolute atomic E-state index is 0.243. The lowest BCUT2D eigenvalue weighted by Crippen LogP contribution is -1.95. The standard InChI is InChI=1S/C12H17FO/c1-3-14-12-7-6-11(5-4-8-13)10(2)9-12/h6-7,9H,3-5,8H2,1-2H3. The van der Waals surface area contributed by atoms with Gasteiger partial charge in [-0.05, 0) is 49.9 Å². The van der Waals surface area contributed by atoms with Crippen LogP contribution in [0.3, 0.4) is 0 Å². The third kappa shape index (κ3) is 3.02. The summed E-state index contributed by atoms with van der Waals surface area (Å²) in [6.45, 7) is 4.44. The quantitative estimate of drug-likeness (QED) is 0.702. The smallest absolute Gasteiger partial charge is 0.119 e. The van der Waals surface area contributed by atoms with Crippen LogP contribution in [-0.4, -0.2) is 13.3 Å². The molecule has 0 amide bonds. The summed E-state index contributed by atoms with van der Waals surface area (Å²) in [4.78, 5) is 0. The fourth-order valence-corrected chi connectivity index (χ4v) is 1.46. The summed E-state index contributed by atoms with van der Waals surface area (Å²) in [5, 5.41) is 0. The highest BCUT2D eigenvalue weighted by molar-refractivity contribution is 5.34. The van der Waals surface area contributed by atoms with E-state index in [0.717, 1.165) is 12.2 Å². The van der Waals surface area contributed by atoms with Crippen LogP contribution >= 0.6 is 0 Å². The molecular weight excluding hydrogens is 179 g/mol. The van der Waals surface area contributed by atoms with Gasteiger partial charge in [-0.1, -0.05) is 6.07 Å². The number of hydrogen-bond donors (Lipinski definition) is 0. The van der Waals surface area contributed by atoms with Crippen LogP contribution in [0.2, 0.25) is 0 Å². The number of aryl methyl sites for hydroxylation is 2. The van der Waals surface area contributed by atoms with Gasteiger partial charge >= 0.3 is 0 Å². The zero-order valence-electron chi connectivity index (χ0n) is 8.85. The first-order valence-electron chi connectivity index (χ1n) is 5.06. The van der Waals surface area contributed by atoms with Gasteiger partial charge in [0.1, 0.15) is 5.75 Å². The molecule has 0 saturated heterocycles. The third-order valence-corrected chi connectivity index (χ3v) is 2.20. The van der Waals surface area contributed by atoms with Gasteiger partial charge in [0, 0.05) is 0 Å². The van der Waals surface area contributed by atoms with Crippen molar-refractivity contribution in [2.75, 3.05) is 13.3 Å². The van der Waals surface area contributed by atoms with Crippen LogP contribution in [0.5, 0.6) is 5.75 Å². The minimum Gasteiger partial charge on any atom is -0.494 e. The first-order valence-corrected chi connectivity index (χ1v) is 5.06. The Hall–Kier alpha value is -1.05. The van der Waals surface area contributed by atoms with Crippen LogP contribution in [0.15, 0.2) is 18.2 Å². The van der Waals surface area contributed by atoms with Gasteiger partial charge in [-0.3, -0.25) is 4.39 Å². The number of halogens is 1. The Morgan fingerprint density at radius 2 is 2.14 bits per heavy atom. The number of alkyl halides is 1. The molecule has 0 bridgehead atoms. The van der Waals surface area contributed by atoms with E-state index in [1.54, 1.807) is 0 Å². The molecule has 0 unspecified atom stereocenters. The van der Waals surface area contributed by atoms with E-state index in [4.69, 9.17) is 4.74 Å². The molecule has 1 aromatic carbocycles. The minimum atomic E-state index is -0.243. The van der Waals surface area contributed by atoms with E-state index in [1.807, 2.05) is 32.0 Å². The second-order valence-electron chi connectivity index (χ2n) is 3.31. The summed E-state index contributed by atoms with van der Waals surface area (Å²) in [6.07, 6.45) is 1.42. The second-order valence-corrected chi connectivity index (χ2v) is 3.31. The Morgan fingerprint density at radius 1 is 1.36 bits per heavy atom. The lowest BCUT2D eigenvalue weighted by molar-refractivity contribution is 0.340. The van der Waals surface area contributed by atoms with Crippen molar-refractivity contribution in [1.29, 1.82) is 0 Å². The molecule has 2 heteroatoms. The molecule has 0 saturated carbocycles. The maximum absolute atomic E-state index is 12.0. The van der Waals surface area contributed by atoms with Crippen LogP contribution in [-0.2, 0) is 6.42 Å². The maximum Gasteiger partial charge on any atom is 0.119 e. The Morgan fingerprint density at radius 3 is 2.71 bits per heavy atom. The van der Waals surface area contributed by atoms with Crippen molar-refractivity contribution >= 4 is 0 Å². The lowest BCUT2D eigenvalue weighted by atomic mass is 10.0. The second kappa shape index (κ2) is 5.63. The van der Waals surface area contributed by atoms with Gasteiger partial charge in [0.25, 0.3) is 0 Å². The van der Waals surface area contributed by atoms with Crippen molar-refractivity contribution in [2.24, 2.45) is 0 Å². The van der Waals surface area contributed by atoms with Gasteiger partial charge in [0.15, 0.2) is 0 Å². The number of benzene rings is 1. The first kappa shape index (κ1) is 11.0. The number of hydrogen-bond acceptors (Lipinski definition) is 1. The summed E-state index contributed by atoms with van der Waals surface area (Å²) in [5.74, 6) is 0.897. The monoisotopic (exact) mass is 196 g/mol. The molecule has 1 aromatic rings. The summed E-state index contributed by atoms with van der Waals surface area (Å²) in [7, 11) is 0. The Balaban J connectivity index is 2.68. The predicted molar refractivity (Wildman–Crippen MR) is 56.6 cm³/mol. The molecular formula is C12H17FO. The van der Waals surface area contributed by atoms with Gasteiger partial charge in [0.2, 0.25) is 0 Å². The average molecular weight is 196 g/mol. The Kier molecular flexibility index (Phi) is 4.44. The molecule has 0 aliphatic rings. The van der Waals surface area contributed by atoms with Gasteiger partial charge in [0.05, 0.1) is 13.3 Å². The van der Waals surface area contributed by atoms with Crippen LogP contribution in [0, 0.1) is 6.92 Å². The zero-order chi connectivity index (χ0) is 10.4. The summed E-state index contributed by atoms with van der Waals surface area (Å²) >= 11 is 0. The van der Waals surface area contributed by atoms with E-state index < -0.39 is 0 Å². The van der Waals surface area contributed by atoms with E-state index in [2.05, 4.69) is 0 Å². The molecule has 78 valence electrons. The topological polar surface area (TPSA) is 9.23 Å². The first-order chi connectivity index (χ1) is 6.77. The highest BCUT2D eigenvalue weighted by Gasteiger charge is 2.00. The van der Waals surface area contributed by atoms with E-state index in [1.165, 1.54) is 11.1 Å². The average Bonchev–Trinajstić information content (AvgIpc) is 2.17. The number of rotatable bonds is 5. The molecule has 0 heterocycles. The zero-order valence-corrected chi connectivity index (χ0v) is 8.85. The summed E-state index contributed by atoms with van der Waals surface area (Å²) < 4.78 is 17.4. The van der Waals surface area contributed by atoms with Crippen molar-refractivity contribution in [3.8, 4) is 5.75 Å². The molecule has 0 radical (unpaired) electrons. The normalized spacial score (nSPS) is 10.2. The van der Waals surface area contributed by atoms with Gasteiger partial charge in [-0.15, -0.1) is 0 Å². The van der Waals surface area contributed by atoms with Gasteiger partial charge in [-0.2, -0.15) is 0 Å².